The monoisotopic (exact) mass is 278 g/mol. The summed E-state index contributed by atoms with van der Waals surface area (Å²) in [4.78, 5) is 29.7. The number of aromatic amines is 1. The molecule has 2 aromatic rings. The largest absolute Gasteiger partial charge is 0.301 e. The molecule has 1 heterocycles. The van der Waals surface area contributed by atoms with Crippen LogP contribution in [0.1, 0.15) is 16.1 Å². The number of aryl methyl sites for hydroxylation is 1. The first kappa shape index (κ1) is 13.5. The number of carbonyl (C=O) groups is 1. The van der Waals surface area contributed by atoms with E-state index in [1.54, 1.807) is 6.92 Å². The van der Waals surface area contributed by atoms with E-state index in [4.69, 9.17) is 0 Å². The Morgan fingerprint density at radius 3 is 2.68 bits per heavy atom. The van der Waals surface area contributed by atoms with E-state index in [0.29, 0.717) is 16.4 Å². The maximum absolute atomic E-state index is 12.7. The van der Waals surface area contributed by atoms with Crippen molar-refractivity contribution >= 4 is 17.5 Å². The maximum atomic E-state index is 12.7. The molecule has 0 spiro atoms. The fourth-order valence-electron chi connectivity index (χ4n) is 1.47. The normalized spacial score (nSPS) is 10.4. The third-order valence-electron chi connectivity index (χ3n) is 2.35. The fraction of sp³-hybridized carbons (Fsp3) is 0.154. The highest BCUT2D eigenvalue weighted by atomic mass is 32.2. The summed E-state index contributed by atoms with van der Waals surface area (Å²) < 4.78 is 12.7. The fourth-order valence-corrected chi connectivity index (χ4v) is 2.29. The number of benzene rings is 1. The Labute approximate surface area is 113 Å². The number of hydrogen-bond donors (Lipinski definition) is 1. The molecule has 0 aliphatic carbocycles. The number of H-pyrrole nitrogens is 1. The molecule has 0 unspecified atom stereocenters. The number of thioether (sulfide) groups is 1. The molecule has 0 saturated carbocycles. The molecule has 4 nitrogen and oxygen atoms in total. The molecule has 0 atom stereocenters. The second-order valence-electron chi connectivity index (χ2n) is 3.91. The van der Waals surface area contributed by atoms with Crippen molar-refractivity contribution in [2.24, 2.45) is 0 Å². The van der Waals surface area contributed by atoms with Crippen LogP contribution in [0.3, 0.4) is 0 Å². The van der Waals surface area contributed by atoms with E-state index in [0.717, 1.165) is 11.8 Å². The Bertz CT molecular complexity index is 652. The Hall–Kier alpha value is -1.95. The minimum atomic E-state index is -0.381. The van der Waals surface area contributed by atoms with Gasteiger partial charge in [0.2, 0.25) is 0 Å². The summed E-state index contributed by atoms with van der Waals surface area (Å²) in [6.07, 6.45) is 0. The first-order valence-electron chi connectivity index (χ1n) is 5.54. The lowest BCUT2D eigenvalue weighted by Gasteiger charge is -2.02. The van der Waals surface area contributed by atoms with Gasteiger partial charge in [-0.15, -0.1) is 0 Å². The number of carbonyl (C=O) groups excluding carboxylic acids is 1. The van der Waals surface area contributed by atoms with Crippen molar-refractivity contribution < 1.29 is 9.18 Å². The summed E-state index contributed by atoms with van der Waals surface area (Å²) in [5.74, 6) is -0.388. The molecule has 0 saturated heterocycles. The van der Waals surface area contributed by atoms with E-state index >= 15 is 0 Å². The van der Waals surface area contributed by atoms with Gasteiger partial charge in [-0.05, 0) is 31.2 Å². The Morgan fingerprint density at radius 2 is 2.05 bits per heavy atom. The van der Waals surface area contributed by atoms with Gasteiger partial charge in [-0.3, -0.25) is 9.59 Å². The molecule has 0 radical (unpaired) electrons. The van der Waals surface area contributed by atoms with Crippen LogP contribution in [-0.4, -0.2) is 21.5 Å². The van der Waals surface area contributed by atoms with E-state index in [1.165, 1.54) is 30.3 Å². The van der Waals surface area contributed by atoms with E-state index < -0.39 is 0 Å². The quantitative estimate of drug-likeness (QED) is 0.529. The predicted molar refractivity (Wildman–Crippen MR) is 71.0 cm³/mol. The summed E-state index contributed by atoms with van der Waals surface area (Å²) in [6, 6.07) is 6.73. The maximum Gasteiger partial charge on any atom is 0.251 e. The molecule has 0 amide bonds. The highest BCUT2D eigenvalue weighted by Crippen LogP contribution is 2.14. The molecular formula is C13H11FN2O2S. The third-order valence-corrected chi connectivity index (χ3v) is 3.23. The van der Waals surface area contributed by atoms with Gasteiger partial charge in [0.25, 0.3) is 5.56 Å². The number of nitrogens with zero attached hydrogens (tertiary/aromatic N) is 1. The molecule has 1 aromatic carbocycles. The second kappa shape index (κ2) is 5.79. The van der Waals surface area contributed by atoms with Crippen LogP contribution in [-0.2, 0) is 0 Å². The zero-order chi connectivity index (χ0) is 13.8. The van der Waals surface area contributed by atoms with Crippen LogP contribution in [0.4, 0.5) is 4.39 Å². The minimum Gasteiger partial charge on any atom is -0.301 e. The van der Waals surface area contributed by atoms with E-state index in [1.807, 2.05) is 0 Å². The van der Waals surface area contributed by atoms with Crippen LogP contribution in [0.2, 0.25) is 0 Å². The predicted octanol–water partition coefficient (Wildman–Crippen LogP) is 2.19. The number of ketones is 1. The smallest absolute Gasteiger partial charge is 0.251 e. The molecule has 1 aromatic heterocycles. The number of nitrogens with one attached hydrogen (secondary N) is 1. The lowest BCUT2D eigenvalue weighted by molar-refractivity contribution is 0.102. The minimum absolute atomic E-state index is 0.137. The number of rotatable bonds is 4. The molecule has 0 fully saturated rings. The van der Waals surface area contributed by atoms with Gasteiger partial charge in [-0.25, -0.2) is 9.37 Å². The average molecular weight is 278 g/mol. The van der Waals surface area contributed by atoms with Crippen molar-refractivity contribution in [1.82, 2.24) is 9.97 Å². The summed E-state index contributed by atoms with van der Waals surface area (Å²) in [5.41, 5.74) is 0.786. The Kier molecular flexibility index (Phi) is 4.11. The summed E-state index contributed by atoms with van der Waals surface area (Å²) in [6.45, 7) is 1.71. The van der Waals surface area contributed by atoms with Gasteiger partial charge in [0, 0.05) is 17.3 Å². The third kappa shape index (κ3) is 3.75. The molecule has 98 valence electrons. The standard InChI is InChI=1S/C13H11FN2O2S/c1-8-6-12(18)16-13(15-8)19-7-11(17)9-2-4-10(14)5-3-9/h2-6H,7H2,1H3,(H,15,16,18). The van der Waals surface area contributed by atoms with Crippen LogP contribution < -0.4 is 5.56 Å². The number of hydrogen-bond acceptors (Lipinski definition) is 4. The zero-order valence-electron chi connectivity index (χ0n) is 10.1. The molecule has 1 N–H and O–H groups in total. The van der Waals surface area contributed by atoms with Crippen LogP contribution >= 0.6 is 11.8 Å². The Morgan fingerprint density at radius 1 is 1.37 bits per heavy atom. The van der Waals surface area contributed by atoms with Gasteiger partial charge < -0.3 is 4.98 Å². The molecule has 6 heteroatoms. The summed E-state index contributed by atoms with van der Waals surface area (Å²) >= 11 is 1.15. The van der Waals surface area contributed by atoms with Crippen molar-refractivity contribution in [1.29, 1.82) is 0 Å². The number of Topliss-reactive ketones (excluding diaryl/α,β-unsaturated/α-hetero) is 1. The van der Waals surface area contributed by atoms with Crippen molar-refractivity contribution in [2.75, 3.05) is 5.75 Å². The van der Waals surface area contributed by atoms with Crippen LogP contribution in [0.25, 0.3) is 0 Å². The second-order valence-corrected chi connectivity index (χ2v) is 4.87. The lowest BCUT2D eigenvalue weighted by atomic mass is 10.1. The van der Waals surface area contributed by atoms with Gasteiger partial charge in [-0.2, -0.15) is 0 Å². The number of aromatic nitrogens is 2. The summed E-state index contributed by atoms with van der Waals surface area (Å²) in [5, 5.41) is 0.403. The van der Waals surface area contributed by atoms with Crippen molar-refractivity contribution in [3.8, 4) is 0 Å². The molecule has 19 heavy (non-hydrogen) atoms. The van der Waals surface area contributed by atoms with Gasteiger partial charge in [0.1, 0.15) is 5.82 Å². The van der Waals surface area contributed by atoms with Crippen LogP contribution in [0.5, 0.6) is 0 Å². The first-order chi connectivity index (χ1) is 9.04. The SMILES string of the molecule is Cc1cc(=O)[nH]c(SCC(=O)c2ccc(F)cc2)n1. The van der Waals surface area contributed by atoms with Gasteiger partial charge in [0.15, 0.2) is 10.9 Å². The van der Waals surface area contributed by atoms with Crippen LogP contribution in [0, 0.1) is 12.7 Å². The first-order valence-corrected chi connectivity index (χ1v) is 6.53. The average Bonchev–Trinajstić information content (AvgIpc) is 2.36. The van der Waals surface area contributed by atoms with E-state index in [2.05, 4.69) is 9.97 Å². The van der Waals surface area contributed by atoms with Gasteiger partial charge in [-0.1, -0.05) is 11.8 Å². The highest BCUT2D eigenvalue weighted by molar-refractivity contribution is 7.99. The molecule has 2 rings (SSSR count). The van der Waals surface area contributed by atoms with Crippen LogP contribution in [0.15, 0.2) is 40.3 Å². The van der Waals surface area contributed by atoms with Crippen molar-refractivity contribution in [3.05, 3.63) is 57.8 Å². The molecular weight excluding hydrogens is 267 g/mol. The summed E-state index contributed by atoms with van der Waals surface area (Å²) in [7, 11) is 0. The zero-order valence-corrected chi connectivity index (χ0v) is 11.0. The highest BCUT2D eigenvalue weighted by Gasteiger charge is 2.08. The molecule has 0 aliphatic rings. The van der Waals surface area contributed by atoms with E-state index in [9.17, 15) is 14.0 Å². The lowest BCUT2D eigenvalue weighted by Crippen LogP contribution is -2.10. The van der Waals surface area contributed by atoms with Crippen molar-refractivity contribution in [3.63, 3.8) is 0 Å². The Balaban J connectivity index is 2.04. The molecule has 0 bridgehead atoms. The number of halogens is 1. The van der Waals surface area contributed by atoms with E-state index in [-0.39, 0.29) is 22.9 Å². The van der Waals surface area contributed by atoms with Gasteiger partial charge in [0.05, 0.1) is 5.75 Å². The topological polar surface area (TPSA) is 62.8 Å². The van der Waals surface area contributed by atoms with Crippen molar-refractivity contribution in [2.45, 2.75) is 12.1 Å². The molecule has 0 aliphatic heterocycles. The van der Waals surface area contributed by atoms with Gasteiger partial charge >= 0.3 is 0 Å².